The predicted octanol–water partition coefficient (Wildman–Crippen LogP) is 2.08. The highest BCUT2D eigenvalue weighted by atomic mass is 16.5. The Morgan fingerprint density at radius 1 is 0.871 bits per heavy atom. The SMILES string of the molecule is COc1ccccc1NCC(=O)NNC(=O)c1cc2c(OC)cc(OC)c(OC)c2[nH]1. The number of benzene rings is 2. The molecule has 2 amide bonds. The van der Waals surface area contributed by atoms with Crippen molar-refractivity contribution in [3.63, 3.8) is 0 Å². The van der Waals surface area contributed by atoms with Gasteiger partial charge in [0.05, 0.1) is 46.2 Å². The average molecular weight is 428 g/mol. The topological polar surface area (TPSA) is 123 Å². The molecule has 0 spiro atoms. The van der Waals surface area contributed by atoms with Gasteiger partial charge in [0.1, 0.15) is 17.2 Å². The molecular weight excluding hydrogens is 404 g/mol. The summed E-state index contributed by atoms with van der Waals surface area (Å²) in [6, 6.07) is 10.5. The number of aromatic amines is 1. The van der Waals surface area contributed by atoms with Crippen LogP contribution in [0.3, 0.4) is 0 Å². The minimum Gasteiger partial charge on any atom is -0.496 e. The fourth-order valence-corrected chi connectivity index (χ4v) is 3.06. The van der Waals surface area contributed by atoms with Gasteiger partial charge >= 0.3 is 0 Å². The lowest BCUT2D eigenvalue weighted by Gasteiger charge is -2.11. The average Bonchev–Trinajstić information content (AvgIpc) is 3.25. The number of anilines is 1. The van der Waals surface area contributed by atoms with Crippen molar-refractivity contribution >= 4 is 28.4 Å². The number of hydrogen-bond donors (Lipinski definition) is 4. The summed E-state index contributed by atoms with van der Waals surface area (Å²) >= 11 is 0. The maximum Gasteiger partial charge on any atom is 0.286 e. The van der Waals surface area contributed by atoms with E-state index in [1.807, 2.05) is 12.1 Å². The Hall–Kier alpha value is -4.08. The number of aromatic nitrogens is 1. The fraction of sp³-hybridized carbons (Fsp3) is 0.238. The van der Waals surface area contributed by atoms with Crippen molar-refractivity contribution in [2.75, 3.05) is 40.3 Å². The van der Waals surface area contributed by atoms with Crippen LogP contribution < -0.4 is 35.1 Å². The van der Waals surface area contributed by atoms with Crippen molar-refractivity contribution in [2.45, 2.75) is 0 Å². The number of fused-ring (bicyclic) bond motifs is 1. The molecule has 164 valence electrons. The molecule has 0 aliphatic heterocycles. The molecular formula is C21H24N4O6. The molecule has 0 fully saturated rings. The van der Waals surface area contributed by atoms with E-state index in [0.717, 1.165) is 0 Å². The minimum absolute atomic E-state index is 0.0633. The Labute approximate surface area is 178 Å². The monoisotopic (exact) mass is 428 g/mol. The molecule has 0 aliphatic carbocycles. The molecule has 0 radical (unpaired) electrons. The van der Waals surface area contributed by atoms with E-state index in [2.05, 4.69) is 21.2 Å². The third-order valence-corrected chi connectivity index (χ3v) is 4.55. The van der Waals surface area contributed by atoms with Gasteiger partial charge in [0, 0.05) is 11.5 Å². The van der Waals surface area contributed by atoms with Crippen LogP contribution in [0.1, 0.15) is 10.5 Å². The van der Waals surface area contributed by atoms with Gasteiger partial charge in [0.2, 0.25) is 0 Å². The first kappa shape index (κ1) is 21.6. The van der Waals surface area contributed by atoms with E-state index in [0.29, 0.717) is 39.6 Å². The fourth-order valence-electron chi connectivity index (χ4n) is 3.06. The van der Waals surface area contributed by atoms with Crippen LogP contribution in [0, 0.1) is 0 Å². The summed E-state index contributed by atoms with van der Waals surface area (Å²) in [5.74, 6) is 1.03. The number of carbonyl (C=O) groups is 2. The lowest BCUT2D eigenvalue weighted by molar-refractivity contribution is -0.120. The standard InChI is InChI=1S/C21H24N4O6/c1-28-15-8-6-5-7-13(15)22-11-18(26)24-25-21(27)14-9-12-16(29-2)10-17(30-3)20(31-4)19(12)23-14/h5-10,22-23H,11H2,1-4H3,(H,24,26)(H,25,27). The second-order valence-corrected chi connectivity index (χ2v) is 6.34. The van der Waals surface area contributed by atoms with Crippen molar-refractivity contribution in [1.82, 2.24) is 15.8 Å². The largest absolute Gasteiger partial charge is 0.496 e. The molecule has 0 bridgehead atoms. The number of H-pyrrole nitrogens is 1. The summed E-state index contributed by atoms with van der Waals surface area (Å²) in [6.45, 7) is -0.0633. The van der Waals surface area contributed by atoms with Crippen molar-refractivity contribution in [1.29, 1.82) is 0 Å². The van der Waals surface area contributed by atoms with Crippen LogP contribution in [-0.2, 0) is 4.79 Å². The molecule has 0 aliphatic rings. The number of nitrogens with one attached hydrogen (secondary N) is 4. The van der Waals surface area contributed by atoms with Gasteiger partial charge in [-0.05, 0) is 18.2 Å². The van der Waals surface area contributed by atoms with Gasteiger partial charge < -0.3 is 29.2 Å². The molecule has 0 saturated heterocycles. The lowest BCUT2D eigenvalue weighted by Crippen LogP contribution is -2.44. The summed E-state index contributed by atoms with van der Waals surface area (Å²) < 4.78 is 21.3. The quantitative estimate of drug-likeness (QED) is 0.405. The number of rotatable bonds is 8. The first-order chi connectivity index (χ1) is 15.0. The molecule has 1 aromatic heterocycles. The van der Waals surface area contributed by atoms with Crippen LogP contribution in [0.4, 0.5) is 5.69 Å². The highest BCUT2D eigenvalue weighted by Gasteiger charge is 2.19. The van der Waals surface area contributed by atoms with Crippen LogP contribution in [0.2, 0.25) is 0 Å². The molecule has 4 N–H and O–H groups in total. The van der Waals surface area contributed by atoms with E-state index in [1.165, 1.54) is 21.3 Å². The first-order valence-corrected chi connectivity index (χ1v) is 9.30. The second-order valence-electron chi connectivity index (χ2n) is 6.34. The van der Waals surface area contributed by atoms with Crippen LogP contribution in [0.25, 0.3) is 10.9 Å². The second kappa shape index (κ2) is 9.61. The van der Waals surface area contributed by atoms with Gasteiger partial charge in [-0.25, -0.2) is 0 Å². The third-order valence-electron chi connectivity index (χ3n) is 4.55. The smallest absolute Gasteiger partial charge is 0.286 e. The van der Waals surface area contributed by atoms with E-state index in [9.17, 15) is 9.59 Å². The Morgan fingerprint density at radius 3 is 2.26 bits per heavy atom. The van der Waals surface area contributed by atoms with E-state index >= 15 is 0 Å². The maximum absolute atomic E-state index is 12.5. The zero-order valence-corrected chi connectivity index (χ0v) is 17.6. The molecule has 3 rings (SSSR count). The van der Waals surface area contributed by atoms with Gasteiger partial charge in [-0.2, -0.15) is 0 Å². The highest BCUT2D eigenvalue weighted by Crippen LogP contribution is 2.41. The van der Waals surface area contributed by atoms with E-state index < -0.39 is 11.8 Å². The molecule has 0 saturated carbocycles. The Bertz CT molecular complexity index is 1090. The Morgan fingerprint density at radius 2 is 1.58 bits per heavy atom. The maximum atomic E-state index is 12.5. The number of hydrogen-bond acceptors (Lipinski definition) is 7. The number of amides is 2. The van der Waals surface area contributed by atoms with Crippen LogP contribution >= 0.6 is 0 Å². The number of ether oxygens (including phenoxy) is 4. The van der Waals surface area contributed by atoms with Gasteiger partial charge in [-0.1, -0.05) is 12.1 Å². The zero-order valence-electron chi connectivity index (χ0n) is 17.6. The summed E-state index contributed by atoms with van der Waals surface area (Å²) in [6.07, 6.45) is 0. The zero-order chi connectivity index (χ0) is 22.4. The first-order valence-electron chi connectivity index (χ1n) is 9.30. The molecule has 0 unspecified atom stereocenters. The molecule has 3 aromatic rings. The van der Waals surface area contributed by atoms with Crippen LogP contribution in [-0.4, -0.2) is 51.8 Å². The predicted molar refractivity (Wildman–Crippen MR) is 115 cm³/mol. The summed E-state index contributed by atoms with van der Waals surface area (Å²) in [7, 11) is 6.07. The number of hydrazine groups is 1. The summed E-state index contributed by atoms with van der Waals surface area (Å²) in [5.41, 5.74) is 6.14. The molecule has 31 heavy (non-hydrogen) atoms. The molecule has 10 heteroatoms. The van der Waals surface area contributed by atoms with Crippen molar-refractivity contribution in [3.8, 4) is 23.0 Å². The van der Waals surface area contributed by atoms with Gasteiger partial charge in [0.25, 0.3) is 11.8 Å². The van der Waals surface area contributed by atoms with Crippen LogP contribution in [0.5, 0.6) is 23.0 Å². The third kappa shape index (κ3) is 4.58. The summed E-state index contributed by atoms with van der Waals surface area (Å²) in [4.78, 5) is 27.6. The normalized spacial score (nSPS) is 10.3. The summed E-state index contributed by atoms with van der Waals surface area (Å²) in [5, 5.41) is 3.58. The number of para-hydroxylation sites is 2. The molecule has 1 heterocycles. The van der Waals surface area contributed by atoms with Gasteiger partial charge in [-0.3, -0.25) is 20.4 Å². The van der Waals surface area contributed by atoms with E-state index in [1.54, 1.807) is 31.4 Å². The highest BCUT2D eigenvalue weighted by molar-refractivity contribution is 6.02. The molecule has 2 aromatic carbocycles. The molecule has 0 atom stereocenters. The number of carbonyl (C=O) groups excluding carboxylic acids is 2. The van der Waals surface area contributed by atoms with E-state index in [4.69, 9.17) is 18.9 Å². The molecule has 10 nitrogen and oxygen atoms in total. The van der Waals surface area contributed by atoms with Crippen molar-refractivity contribution in [3.05, 3.63) is 42.1 Å². The lowest BCUT2D eigenvalue weighted by atomic mass is 10.2. The Balaban J connectivity index is 1.68. The Kier molecular flexibility index (Phi) is 6.71. The van der Waals surface area contributed by atoms with Crippen molar-refractivity contribution < 1.29 is 28.5 Å². The van der Waals surface area contributed by atoms with Crippen LogP contribution in [0.15, 0.2) is 36.4 Å². The van der Waals surface area contributed by atoms with Gasteiger partial charge in [-0.15, -0.1) is 0 Å². The van der Waals surface area contributed by atoms with Crippen molar-refractivity contribution in [2.24, 2.45) is 0 Å². The van der Waals surface area contributed by atoms with Gasteiger partial charge in [0.15, 0.2) is 11.5 Å². The minimum atomic E-state index is -0.537. The van der Waals surface area contributed by atoms with E-state index in [-0.39, 0.29) is 12.2 Å². The number of methoxy groups -OCH3 is 4.